The molecule has 0 bridgehead atoms. The third kappa shape index (κ3) is 6.22. The molecule has 0 aromatic rings. The monoisotopic (exact) mass is 293 g/mol. The van der Waals surface area contributed by atoms with Crippen molar-refractivity contribution in [1.29, 1.82) is 0 Å². The van der Waals surface area contributed by atoms with Gasteiger partial charge >= 0.3 is 0 Å². The third-order valence-corrected chi connectivity index (χ3v) is 3.20. The van der Waals surface area contributed by atoms with Gasteiger partial charge in [-0.25, -0.2) is 0 Å². The lowest BCUT2D eigenvalue weighted by Gasteiger charge is -2.27. The van der Waals surface area contributed by atoms with Crippen LogP contribution in [0.4, 0.5) is 0 Å². The summed E-state index contributed by atoms with van der Waals surface area (Å²) >= 11 is 0. The van der Waals surface area contributed by atoms with Crippen molar-refractivity contribution in [2.45, 2.75) is 26.3 Å². The van der Waals surface area contributed by atoms with E-state index in [1.54, 1.807) is 18.7 Å². The van der Waals surface area contributed by atoms with Gasteiger partial charge in [0, 0.05) is 38.0 Å². The molecule has 6 nitrogen and oxygen atoms in total. The fourth-order valence-electron chi connectivity index (χ4n) is 1.66. The van der Waals surface area contributed by atoms with Crippen molar-refractivity contribution in [2.75, 3.05) is 32.8 Å². The molecule has 1 heterocycles. The Bertz CT molecular complexity index is 294. The van der Waals surface area contributed by atoms with Crippen LogP contribution in [0.25, 0.3) is 0 Å². The van der Waals surface area contributed by atoms with Crippen molar-refractivity contribution in [1.82, 2.24) is 10.2 Å². The summed E-state index contributed by atoms with van der Waals surface area (Å²) in [5, 5.41) is 2.74. The Labute approximate surface area is 120 Å². The van der Waals surface area contributed by atoms with Gasteiger partial charge < -0.3 is 20.7 Å². The van der Waals surface area contributed by atoms with Crippen molar-refractivity contribution in [3.05, 3.63) is 0 Å². The van der Waals surface area contributed by atoms with Crippen LogP contribution in [-0.2, 0) is 14.3 Å². The molecule has 0 aromatic heterocycles. The summed E-state index contributed by atoms with van der Waals surface area (Å²) in [6.45, 7) is 6.42. The Balaban J connectivity index is 0.00000324. The van der Waals surface area contributed by atoms with Gasteiger partial charge in [0.05, 0.1) is 13.2 Å². The van der Waals surface area contributed by atoms with E-state index < -0.39 is 0 Å². The molecule has 112 valence electrons. The van der Waals surface area contributed by atoms with E-state index in [1.165, 1.54) is 0 Å². The van der Waals surface area contributed by atoms with Crippen LogP contribution in [0.5, 0.6) is 0 Å². The summed E-state index contributed by atoms with van der Waals surface area (Å²) in [6, 6.07) is -0.181. The van der Waals surface area contributed by atoms with Gasteiger partial charge in [-0.15, -0.1) is 12.4 Å². The number of hydrogen-bond donors (Lipinski definition) is 2. The van der Waals surface area contributed by atoms with Crippen LogP contribution < -0.4 is 11.1 Å². The molecule has 0 aromatic carbocycles. The van der Waals surface area contributed by atoms with Gasteiger partial charge in [-0.2, -0.15) is 0 Å². The fourth-order valence-corrected chi connectivity index (χ4v) is 1.66. The Kier molecular flexibility index (Phi) is 8.71. The van der Waals surface area contributed by atoms with Crippen molar-refractivity contribution in [3.8, 4) is 0 Å². The second-order valence-corrected chi connectivity index (χ2v) is 4.68. The summed E-state index contributed by atoms with van der Waals surface area (Å²) in [6.07, 6.45) is 0.331. The van der Waals surface area contributed by atoms with Gasteiger partial charge in [0.15, 0.2) is 0 Å². The second kappa shape index (κ2) is 9.12. The highest BCUT2D eigenvalue weighted by molar-refractivity contribution is 5.85. The van der Waals surface area contributed by atoms with Crippen LogP contribution in [-0.4, -0.2) is 55.6 Å². The van der Waals surface area contributed by atoms with Crippen molar-refractivity contribution in [3.63, 3.8) is 0 Å². The summed E-state index contributed by atoms with van der Waals surface area (Å²) in [5.41, 5.74) is 5.64. The summed E-state index contributed by atoms with van der Waals surface area (Å²) < 4.78 is 5.17. The maximum absolute atomic E-state index is 11.8. The predicted molar refractivity (Wildman–Crippen MR) is 75.1 cm³/mol. The first kappa shape index (κ1) is 18.1. The number of carbonyl (C=O) groups excluding carboxylic acids is 2. The lowest BCUT2D eigenvalue weighted by atomic mass is 10.0. The van der Waals surface area contributed by atoms with Crippen LogP contribution in [0.1, 0.15) is 20.3 Å². The minimum absolute atomic E-state index is 0. The maximum atomic E-state index is 11.8. The molecule has 0 radical (unpaired) electrons. The molecule has 1 aliphatic rings. The van der Waals surface area contributed by atoms with E-state index in [9.17, 15) is 9.59 Å². The molecular formula is C12H24ClN3O3. The normalized spacial score (nSPS) is 18.2. The quantitative estimate of drug-likeness (QED) is 0.732. The molecule has 0 spiro atoms. The van der Waals surface area contributed by atoms with Gasteiger partial charge in [-0.05, 0) is 6.92 Å². The largest absolute Gasteiger partial charge is 0.378 e. The molecule has 1 rings (SSSR count). The zero-order valence-corrected chi connectivity index (χ0v) is 12.4. The predicted octanol–water partition coefficient (Wildman–Crippen LogP) is -0.243. The zero-order valence-electron chi connectivity index (χ0n) is 11.6. The van der Waals surface area contributed by atoms with Crippen LogP contribution in [0.3, 0.4) is 0 Å². The zero-order chi connectivity index (χ0) is 13.5. The second-order valence-electron chi connectivity index (χ2n) is 4.68. The molecule has 0 saturated carbocycles. The van der Waals surface area contributed by atoms with Crippen LogP contribution in [0.2, 0.25) is 0 Å². The number of nitrogens with one attached hydrogen (secondary N) is 1. The van der Waals surface area contributed by atoms with Crippen LogP contribution >= 0.6 is 12.4 Å². The molecular weight excluding hydrogens is 270 g/mol. The molecule has 2 unspecified atom stereocenters. The Morgan fingerprint density at radius 2 is 1.89 bits per heavy atom. The fraction of sp³-hybridized carbons (Fsp3) is 0.833. The van der Waals surface area contributed by atoms with E-state index >= 15 is 0 Å². The Morgan fingerprint density at radius 1 is 1.32 bits per heavy atom. The Morgan fingerprint density at radius 3 is 2.42 bits per heavy atom. The van der Waals surface area contributed by atoms with Crippen LogP contribution in [0.15, 0.2) is 0 Å². The van der Waals surface area contributed by atoms with E-state index in [4.69, 9.17) is 10.5 Å². The topological polar surface area (TPSA) is 84.7 Å². The smallest absolute Gasteiger partial charge is 0.224 e. The van der Waals surface area contributed by atoms with Crippen molar-refractivity contribution in [2.24, 2.45) is 11.7 Å². The van der Waals surface area contributed by atoms with Crippen LogP contribution in [0, 0.1) is 5.92 Å². The first-order chi connectivity index (χ1) is 8.52. The molecule has 3 N–H and O–H groups in total. The first-order valence-corrected chi connectivity index (χ1v) is 6.41. The molecule has 0 aliphatic carbocycles. The number of halogens is 1. The SMILES string of the molecule is CC(N)C(C)C(=O)NCCC(=O)N1CCOCC1.Cl. The molecule has 19 heavy (non-hydrogen) atoms. The Hall–Kier alpha value is -0.850. The molecule has 1 saturated heterocycles. The number of hydrogen-bond acceptors (Lipinski definition) is 4. The van der Waals surface area contributed by atoms with Gasteiger partial charge in [-0.1, -0.05) is 6.92 Å². The van der Waals surface area contributed by atoms with E-state index in [2.05, 4.69) is 5.32 Å². The standard InChI is InChI=1S/C12H23N3O3.ClH/c1-9(10(2)13)12(17)14-4-3-11(16)15-5-7-18-8-6-15;/h9-10H,3-8,13H2,1-2H3,(H,14,17);1H. The molecule has 2 atom stereocenters. The summed E-state index contributed by atoms with van der Waals surface area (Å²) in [7, 11) is 0. The van der Waals surface area contributed by atoms with Crippen molar-refractivity contribution >= 4 is 24.2 Å². The molecule has 7 heteroatoms. The van der Waals surface area contributed by atoms with Gasteiger partial charge in [-0.3, -0.25) is 9.59 Å². The average Bonchev–Trinajstić information content (AvgIpc) is 2.38. The first-order valence-electron chi connectivity index (χ1n) is 6.41. The number of nitrogens with zero attached hydrogens (tertiary/aromatic N) is 1. The van der Waals surface area contributed by atoms with Gasteiger partial charge in [0.2, 0.25) is 11.8 Å². The number of nitrogens with two attached hydrogens (primary N) is 1. The van der Waals surface area contributed by atoms with E-state index in [0.717, 1.165) is 0 Å². The number of carbonyl (C=O) groups is 2. The molecule has 1 aliphatic heterocycles. The number of morpholine rings is 1. The highest BCUT2D eigenvalue weighted by Gasteiger charge is 2.19. The highest BCUT2D eigenvalue weighted by Crippen LogP contribution is 2.01. The van der Waals surface area contributed by atoms with Crippen molar-refractivity contribution < 1.29 is 14.3 Å². The maximum Gasteiger partial charge on any atom is 0.224 e. The minimum Gasteiger partial charge on any atom is -0.378 e. The lowest BCUT2D eigenvalue weighted by molar-refractivity contribution is -0.135. The van der Waals surface area contributed by atoms with E-state index in [0.29, 0.717) is 39.3 Å². The third-order valence-electron chi connectivity index (χ3n) is 3.20. The number of rotatable bonds is 5. The minimum atomic E-state index is -0.233. The summed E-state index contributed by atoms with van der Waals surface area (Å²) in [4.78, 5) is 25.2. The lowest BCUT2D eigenvalue weighted by Crippen LogP contribution is -2.43. The van der Waals surface area contributed by atoms with Gasteiger partial charge in [0.25, 0.3) is 0 Å². The molecule has 2 amide bonds. The highest BCUT2D eigenvalue weighted by atomic mass is 35.5. The number of ether oxygens (including phenoxy) is 1. The average molecular weight is 294 g/mol. The summed E-state index contributed by atoms with van der Waals surface area (Å²) in [5.74, 6) is -0.268. The van der Waals surface area contributed by atoms with E-state index in [1.807, 2.05) is 0 Å². The van der Waals surface area contributed by atoms with E-state index in [-0.39, 0.29) is 36.2 Å². The number of amides is 2. The molecule has 1 fully saturated rings. The van der Waals surface area contributed by atoms with Gasteiger partial charge in [0.1, 0.15) is 0 Å².